The van der Waals surface area contributed by atoms with Crippen LogP contribution in [0.15, 0.2) is 66.9 Å². The van der Waals surface area contributed by atoms with Gasteiger partial charge in [0, 0.05) is 25.0 Å². The maximum Gasteiger partial charge on any atom is 0.339 e. The lowest BCUT2D eigenvalue weighted by atomic mass is 9.87. The zero-order valence-electron chi connectivity index (χ0n) is 16.8. The number of hydrogen-bond acceptors (Lipinski definition) is 3. The first-order chi connectivity index (χ1) is 14.3. The van der Waals surface area contributed by atoms with E-state index in [1.807, 2.05) is 6.20 Å². The Morgan fingerprint density at radius 2 is 1.76 bits per heavy atom. The number of rotatable bonds is 4. The van der Waals surface area contributed by atoms with Crippen LogP contribution in [0.5, 0.6) is 0 Å². The van der Waals surface area contributed by atoms with Crippen LogP contribution in [0.2, 0.25) is 0 Å². The van der Waals surface area contributed by atoms with Crippen molar-refractivity contribution in [1.29, 1.82) is 0 Å². The van der Waals surface area contributed by atoms with Gasteiger partial charge >= 0.3 is 5.97 Å². The van der Waals surface area contributed by atoms with E-state index < -0.39 is 0 Å². The molecule has 148 valence electrons. The first kappa shape index (κ1) is 18.2. The summed E-state index contributed by atoms with van der Waals surface area (Å²) in [6.07, 6.45) is 5.23. The predicted octanol–water partition coefficient (Wildman–Crippen LogP) is 4.76. The highest BCUT2D eigenvalue weighted by atomic mass is 16.5. The summed E-state index contributed by atoms with van der Waals surface area (Å²) in [6.45, 7) is 1.86. The van der Waals surface area contributed by atoms with Crippen molar-refractivity contribution in [3.05, 3.63) is 94.8 Å². The van der Waals surface area contributed by atoms with Gasteiger partial charge in [0.2, 0.25) is 0 Å². The molecular weight excluding hydrogens is 360 g/mol. The van der Waals surface area contributed by atoms with Crippen molar-refractivity contribution in [2.24, 2.45) is 0 Å². The minimum atomic E-state index is -0.219. The van der Waals surface area contributed by atoms with Crippen molar-refractivity contribution in [2.45, 2.75) is 37.9 Å². The molecule has 0 N–H and O–H groups in total. The molecule has 5 rings (SSSR count). The molecule has 0 saturated heterocycles. The van der Waals surface area contributed by atoms with Gasteiger partial charge in [-0.05, 0) is 36.0 Å². The van der Waals surface area contributed by atoms with Crippen molar-refractivity contribution in [3.63, 3.8) is 0 Å². The lowest BCUT2D eigenvalue weighted by Crippen LogP contribution is -2.42. The van der Waals surface area contributed by atoms with Crippen molar-refractivity contribution < 1.29 is 9.53 Å². The van der Waals surface area contributed by atoms with Crippen LogP contribution >= 0.6 is 0 Å². The Hall–Kier alpha value is -2.85. The topological polar surface area (TPSA) is 34.5 Å². The van der Waals surface area contributed by atoms with Crippen LogP contribution in [-0.2, 0) is 17.7 Å². The van der Waals surface area contributed by atoms with Crippen LogP contribution in [0.4, 0.5) is 0 Å². The largest absolute Gasteiger partial charge is 0.465 e. The minimum Gasteiger partial charge on any atom is -0.465 e. The highest BCUT2D eigenvalue weighted by Crippen LogP contribution is 2.44. The van der Waals surface area contributed by atoms with Crippen molar-refractivity contribution in [1.82, 2.24) is 9.47 Å². The number of benzene rings is 2. The molecule has 1 aliphatic carbocycles. The molecule has 29 heavy (non-hydrogen) atoms. The molecule has 2 aromatic carbocycles. The summed E-state index contributed by atoms with van der Waals surface area (Å²) < 4.78 is 7.48. The number of methoxy groups -OCH3 is 1. The number of carbonyl (C=O) groups is 1. The summed E-state index contributed by atoms with van der Waals surface area (Å²) in [7, 11) is 1.47. The Morgan fingerprint density at radius 1 is 1.03 bits per heavy atom. The lowest BCUT2D eigenvalue weighted by molar-refractivity contribution is 0.0599. The van der Waals surface area contributed by atoms with E-state index in [4.69, 9.17) is 4.74 Å². The summed E-state index contributed by atoms with van der Waals surface area (Å²) >= 11 is 0. The fourth-order valence-electron chi connectivity index (χ4n) is 5.10. The van der Waals surface area contributed by atoms with Crippen LogP contribution in [-0.4, -0.2) is 29.1 Å². The van der Waals surface area contributed by atoms with Gasteiger partial charge in [0.15, 0.2) is 0 Å². The van der Waals surface area contributed by atoms with Gasteiger partial charge in [-0.15, -0.1) is 0 Å². The van der Waals surface area contributed by atoms with E-state index in [9.17, 15) is 4.79 Å². The molecule has 0 spiro atoms. The number of carbonyl (C=O) groups excluding carboxylic acids is 1. The second kappa shape index (κ2) is 7.53. The maximum atomic E-state index is 12.5. The molecule has 0 fully saturated rings. The molecule has 4 nitrogen and oxygen atoms in total. The number of esters is 1. The van der Waals surface area contributed by atoms with Gasteiger partial charge in [-0.25, -0.2) is 4.79 Å². The molecule has 0 radical (unpaired) electrons. The van der Waals surface area contributed by atoms with Gasteiger partial charge in [-0.1, -0.05) is 60.7 Å². The van der Waals surface area contributed by atoms with E-state index in [0.717, 1.165) is 37.9 Å². The number of nitrogens with zero attached hydrogens (tertiary/aromatic N) is 2. The van der Waals surface area contributed by atoms with E-state index >= 15 is 0 Å². The molecule has 2 atom stereocenters. The van der Waals surface area contributed by atoms with Gasteiger partial charge in [-0.3, -0.25) is 4.90 Å². The Morgan fingerprint density at radius 3 is 2.48 bits per heavy atom. The molecule has 0 amide bonds. The van der Waals surface area contributed by atoms with Crippen LogP contribution < -0.4 is 0 Å². The summed E-state index contributed by atoms with van der Waals surface area (Å²) in [5.41, 5.74) is 5.86. The zero-order valence-corrected chi connectivity index (χ0v) is 16.8. The summed E-state index contributed by atoms with van der Waals surface area (Å²) in [4.78, 5) is 15.1. The average molecular weight is 386 g/mol. The fraction of sp³-hybridized carbons (Fsp3) is 0.320. The number of ether oxygens (including phenoxy) is 1. The minimum absolute atomic E-state index is 0.196. The molecule has 3 aromatic rings. The van der Waals surface area contributed by atoms with E-state index in [-0.39, 0.29) is 12.0 Å². The zero-order chi connectivity index (χ0) is 19.8. The standard InChI is InChI=1S/C25H26N2O2/c1-29-25(28)21-16-27-23(19-11-6-3-7-12-19)17-26(15-18-9-4-2-5-10-18)22-14-8-13-20(21)24(22)27/h2-7,9-12,16,22-23H,8,13-15,17H2,1H3/t22-,23-/m1/s1. The summed E-state index contributed by atoms with van der Waals surface area (Å²) in [6, 6.07) is 21.9. The van der Waals surface area contributed by atoms with Crippen LogP contribution in [0.3, 0.4) is 0 Å². The molecule has 0 unspecified atom stereocenters. The van der Waals surface area contributed by atoms with E-state index in [2.05, 4.69) is 70.1 Å². The third-order valence-electron chi connectivity index (χ3n) is 6.40. The second-order valence-corrected chi connectivity index (χ2v) is 8.05. The molecule has 0 saturated carbocycles. The van der Waals surface area contributed by atoms with Crippen molar-refractivity contribution >= 4 is 5.97 Å². The second-order valence-electron chi connectivity index (χ2n) is 8.05. The van der Waals surface area contributed by atoms with E-state index in [1.165, 1.54) is 29.5 Å². The molecule has 0 bridgehead atoms. The van der Waals surface area contributed by atoms with Gasteiger partial charge in [-0.2, -0.15) is 0 Å². The van der Waals surface area contributed by atoms with Crippen molar-refractivity contribution in [3.8, 4) is 0 Å². The van der Waals surface area contributed by atoms with E-state index in [0.29, 0.717) is 6.04 Å². The monoisotopic (exact) mass is 386 g/mol. The van der Waals surface area contributed by atoms with Crippen LogP contribution in [0, 0.1) is 0 Å². The smallest absolute Gasteiger partial charge is 0.339 e. The lowest BCUT2D eigenvalue weighted by Gasteiger charge is -2.43. The third-order valence-corrected chi connectivity index (χ3v) is 6.40. The average Bonchev–Trinajstić information content (AvgIpc) is 3.17. The Bertz CT molecular complexity index is 1010. The third kappa shape index (κ3) is 3.18. The Kier molecular flexibility index (Phi) is 4.72. The fourth-order valence-corrected chi connectivity index (χ4v) is 5.10. The molecule has 1 aliphatic heterocycles. The Labute approximate surface area is 171 Å². The first-order valence-electron chi connectivity index (χ1n) is 10.4. The number of aromatic nitrogens is 1. The summed E-state index contributed by atoms with van der Waals surface area (Å²) in [5, 5.41) is 0. The van der Waals surface area contributed by atoms with Crippen molar-refractivity contribution in [2.75, 3.05) is 13.7 Å². The maximum absolute atomic E-state index is 12.5. The molecule has 4 heteroatoms. The van der Waals surface area contributed by atoms with Crippen LogP contribution in [0.1, 0.15) is 57.7 Å². The highest BCUT2D eigenvalue weighted by molar-refractivity contribution is 5.91. The van der Waals surface area contributed by atoms with Gasteiger partial charge in [0.05, 0.1) is 24.8 Å². The number of hydrogen-bond donors (Lipinski definition) is 0. The SMILES string of the molecule is COC(=O)c1cn2c3c1CCC[C@H]3N(Cc1ccccc1)C[C@@H]2c1ccccc1. The van der Waals surface area contributed by atoms with Gasteiger partial charge < -0.3 is 9.30 Å². The van der Waals surface area contributed by atoms with E-state index in [1.54, 1.807) is 0 Å². The first-order valence-corrected chi connectivity index (χ1v) is 10.4. The molecule has 2 heterocycles. The normalized spacial score (nSPS) is 20.9. The van der Waals surface area contributed by atoms with Crippen LogP contribution in [0.25, 0.3) is 0 Å². The summed E-state index contributed by atoms with van der Waals surface area (Å²) in [5.74, 6) is -0.219. The molecular formula is C25H26N2O2. The highest BCUT2D eigenvalue weighted by Gasteiger charge is 2.39. The van der Waals surface area contributed by atoms with Gasteiger partial charge in [0.25, 0.3) is 0 Å². The Balaban J connectivity index is 1.62. The molecule has 1 aromatic heterocycles. The predicted molar refractivity (Wildman–Crippen MR) is 113 cm³/mol. The van der Waals surface area contributed by atoms with Gasteiger partial charge in [0.1, 0.15) is 0 Å². The quantitative estimate of drug-likeness (QED) is 0.607. The molecule has 2 aliphatic rings.